The van der Waals surface area contributed by atoms with E-state index in [1.165, 1.54) is 5.56 Å². The van der Waals surface area contributed by atoms with Crippen LogP contribution in [0.15, 0.2) is 48.5 Å². The van der Waals surface area contributed by atoms with Gasteiger partial charge in [0.1, 0.15) is 5.75 Å². The average Bonchev–Trinajstić information content (AvgIpc) is 2.59. The summed E-state index contributed by atoms with van der Waals surface area (Å²) >= 11 is 0. The van der Waals surface area contributed by atoms with Crippen molar-refractivity contribution in [1.82, 2.24) is 5.32 Å². The molecule has 1 atom stereocenters. The third kappa shape index (κ3) is 4.09. The van der Waals surface area contributed by atoms with Crippen LogP contribution in [-0.4, -0.2) is 24.7 Å². The van der Waals surface area contributed by atoms with E-state index in [0.717, 1.165) is 17.7 Å². The highest BCUT2D eigenvalue weighted by molar-refractivity contribution is 5.94. The van der Waals surface area contributed by atoms with E-state index in [1.807, 2.05) is 12.1 Å². The SMILES string of the molecule is CCc1ccc(C(=O)NCC(O)c2ccc(OC)cc2)cc1. The van der Waals surface area contributed by atoms with E-state index in [9.17, 15) is 9.90 Å². The maximum atomic E-state index is 12.0. The van der Waals surface area contributed by atoms with Crippen molar-refractivity contribution in [3.8, 4) is 5.75 Å². The zero-order valence-corrected chi connectivity index (χ0v) is 12.9. The van der Waals surface area contributed by atoms with Gasteiger partial charge in [-0.1, -0.05) is 31.2 Å². The zero-order chi connectivity index (χ0) is 15.9. The molecule has 0 heterocycles. The van der Waals surface area contributed by atoms with E-state index in [2.05, 4.69) is 12.2 Å². The lowest BCUT2D eigenvalue weighted by Gasteiger charge is -2.13. The van der Waals surface area contributed by atoms with Gasteiger partial charge < -0.3 is 15.2 Å². The minimum atomic E-state index is -0.746. The van der Waals surface area contributed by atoms with E-state index < -0.39 is 6.10 Å². The molecule has 2 aromatic carbocycles. The number of aliphatic hydroxyl groups is 1. The minimum Gasteiger partial charge on any atom is -0.497 e. The monoisotopic (exact) mass is 299 g/mol. The molecule has 2 aromatic rings. The summed E-state index contributed by atoms with van der Waals surface area (Å²) in [5.41, 5.74) is 2.52. The number of carbonyl (C=O) groups is 1. The summed E-state index contributed by atoms with van der Waals surface area (Å²) in [5, 5.41) is 12.8. The predicted molar refractivity (Wildman–Crippen MR) is 86.1 cm³/mol. The Balaban J connectivity index is 1.91. The molecule has 0 aliphatic rings. The van der Waals surface area contributed by atoms with Gasteiger partial charge in [0.25, 0.3) is 5.91 Å². The second-order valence-electron chi connectivity index (χ2n) is 5.05. The number of carbonyl (C=O) groups excluding carboxylic acids is 1. The van der Waals surface area contributed by atoms with Crippen LogP contribution in [0.5, 0.6) is 5.75 Å². The fourth-order valence-corrected chi connectivity index (χ4v) is 2.13. The van der Waals surface area contributed by atoms with Gasteiger partial charge >= 0.3 is 0 Å². The molecular formula is C18H21NO3. The van der Waals surface area contributed by atoms with Gasteiger partial charge in [-0.05, 0) is 41.8 Å². The van der Waals surface area contributed by atoms with Crippen LogP contribution in [0.4, 0.5) is 0 Å². The molecule has 2 N–H and O–H groups in total. The molecule has 22 heavy (non-hydrogen) atoms. The topological polar surface area (TPSA) is 58.6 Å². The summed E-state index contributed by atoms with van der Waals surface area (Å²) in [6, 6.07) is 14.6. The van der Waals surface area contributed by atoms with Crippen LogP contribution in [-0.2, 0) is 6.42 Å². The van der Waals surface area contributed by atoms with Gasteiger partial charge in [0.2, 0.25) is 0 Å². The van der Waals surface area contributed by atoms with Crippen molar-refractivity contribution in [3.63, 3.8) is 0 Å². The third-order valence-corrected chi connectivity index (χ3v) is 3.58. The maximum Gasteiger partial charge on any atom is 0.251 e. The fourth-order valence-electron chi connectivity index (χ4n) is 2.13. The molecule has 0 aromatic heterocycles. The van der Waals surface area contributed by atoms with E-state index >= 15 is 0 Å². The van der Waals surface area contributed by atoms with Gasteiger partial charge in [0.15, 0.2) is 0 Å². The largest absolute Gasteiger partial charge is 0.497 e. The quantitative estimate of drug-likeness (QED) is 0.862. The first-order chi connectivity index (χ1) is 10.6. The molecule has 4 nitrogen and oxygen atoms in total. The summed E-state index contributed by atoms with van der Waals surface area (Å²) in [5.74, 6) is 0.547. The molecule has 4 heteroatoms. The van der Waals surface area contributed by atoms with Crippen molar-refractivity contribution < 1.29 is 14.6 Å². The van der Waals surface area contributed by atoms with Crippen LogP contribution >= 0.6 is 0 Å². The Labute approximate surface area is 130 Å². The third-order valence-electron chi connectivity index (χ3n) is 3.58. The highest BCUT2D eigenvalue weighted by atomic mass is 16.5. The lowest BCUT2D eigenvalue weighted by molar-refractivity contribution is 0.0916. The molecule has 0 bridgehead atoms. The van der Waals surface area contributed by atoms with E-state index in [0.29, 0.717) is 5.56 Å². The Hall–Kier alpha value is -2.33. The summed E-state index contributed by atoms with van der Waals surface area (Å²) in [6.45, 7) is 2.24. The number of amides is 1. The Kier molecular flexibility index (Phi) is 5.55. The normalized spacial score (nSPS) is 11.8. The summed E-state index contributed by atoms with van der Waals surface area (Å²) in [4.78, 5) is 12.0. The fraction of sp³-hybridized carbons (Fsp3) is 0.278. The van der Waals surface area contributed by atoms with Crippen molar-refractivity contribution in [2.45, 2.75) is 19.4 Å². The van der Waals surface area contributed by atoms with Gasteiger partial charge in [-0.25, -0.2) is 0 Å². The molecule has 2 rings (SSSR count). The van der Waals surface area contributed by atoms with Crippen molar-refractivity contribution >= 4 is 5.91 Å². The number of benzene rings is 2. The standard InChI is InChI=1S/C18H21NO3/c1-3-13-4-6-15(7-5-13)18(21)19-12-17(20)14-8-10-16(22-2)11-9-14/h4-11,17,20H,3,12H2,1-2H3,(H,19,21). The summed E-state index contributed by atoms with van der Waals surface area (Å²) in [7, 11) is 1.59. The number of nitrogens with one attached hydrogen (secondary N) is 1. The van der Waals surface area contributed by atoms with E-state index in [-0.39, 0.29) is 12.5 Å². The Morgan fingerprint density at radius 2 is 1.77 bits per heavy atom. The second kappa shape index (κ2) is 7.61. The highest BCUT2D eigenvalue weighted by Crippen LogP contribution is 2.17. The lowest BCUT2D eigenvalue weighted by Crippen LogP contribution is -2.28. The molecule has 0 saturated carbocycles. The Morgan fingerprint density at radius 3 is 2.32 bits per heavy atom. The molecule has 0 aliphatic heterocycles. The van der Waals surface area contributed by atoms with Gasteiger partial charge in [-0.2, -0.15) is 0 Å². The first-order valence-corrected chi connectivity index (χ1v) is 7.33. The lowest BCUT2D eigenvalue weighted by atomic mass is 10.1. The molecular weight excluding hydrogens is 278 g/mol. The maximum absolute atomic E-state index is 12.0. The van der Waals surface area contributed by atoms with Gasteiger partial charge in [0.05, 0.1) is 13.2 Å². The molecule has 0 saturated heterocycles. The van der Waals surface area contributed by atoms with Crippen molar-refractivity contribution in [2.24, 2.45) is 0 Å². The number of aryl methyl sites for hydroxylation is 1. The zero-order valence-electron chi connectivity index (χ0n) is 12.9. The van der Waals surface area contributed by atoms with Crippen LogP contribution in [0.1, 0.15) is 34.5 Å². The number of ether oxygens (including phenoxy) is 1. The van der Waals surface area contributed by atoms with Crippen molar-refractivity contribution in [3.05, 3.63) is 65.2 Å². The summed E-state index contributed by atoms with van der Waals surface area (Å²) < 4.78 is 5.07. The molecule has 1 amide bonds. The first-order valence-electron chi connectivity index (χ1n) is 7.33. The molecule has 0 radical (unpaired) electrons. The second-order valence-corrected chi connectivity index (χ2v) is 5.05. The van der Waals surface area contributed by atoms with Crippen LogP contribution in [0.2, 0.25) is 0 Å². The number of rotatable bonds is 6. The first kappa shape index (κ1) is 16.0. The van der Waals surface area contributed by atoms with E-state index in [4.69, 9.17) is 4.74 Å². The van der Waals surface area contributed by atoms with Gasteiger partial charge in [-0.3, -0.25) is 4.79 Å². The highest BCUT2D eigenvalue weighted by Gasteiger charge is 2.11. The van der Waals surface area contributed by atoms with Crippen molar-refractivity contribution in [1.29, 1.82) is 0 Å². The predicted octanol–water partition coefficient (Wildman–Crippen LogP) is 2.72. The smallest absolute Gasteiger partial charge is 0.251 e. The van der Waals surface area contributed by atoms with E-state index in [1.54, 1.807) is 43.5 Å². The van der Waals surface area contributed by atoms with Crippen LogP contribution < -0.4 is 10.1 Å². The minimum absolute atomic E-state index is 0.167. The van der Waals surface area contributed by atoms with Crippen LogP contribution in [0.3, 0.4) is 0 Å². The Morgan fingerprint density at radius 1 is 1.14 bits per heavy atom. The molecule has 0 aliphatic carbocycles. The molecule has 0 spiro atoms. The van der Waals surface area contributed by atoms with Gasteiger partial charge in [-0.15, -0.1) is 0 Å². The van der Waals surface area contributed by atoms with Crippen molar-refractivity contribution in [2.75, 3.05) is 13.7 Å². The van der Waals surface area contributed by atoms with Crippen LogP contribution in [0, 0.1) is 0 Å². The number of hydrogen-bond acceptors (Lipinski definition) is 3. The van der Waals surface area contributed by atoms with Crippen LogP contribution in [0.25, 0.3) is 0 Å². The molecule has 116 valence electrons. The number of methoxy groups -OCH3 is 1. The Bertz CT molecular complexity index is 605. The summed E-state index contributed by atoms with van der Waals surface area (Å²) in [6.07, 6.45) is 0.197. The van der Waals surface area contributed by atoms with Gasteiger partial charge in [0, 0.05) is 12.1 Å². The number of aliphatic hydroxyl groups excluding tert-OH is 1. The molecule has 1 unspecified atom stereocenters. The molecule has 0 fully saturated rings. The average molecular weight is 299 g/mol. The number of hydrogen-bond donors (Lipinski definition) is 2.